The summed E-state index contributed by atoms with van der Waals surface area (Å²) < 4.78 is 1.54. The molecule has 2 aromatic rings. The molecule has 0 atom stereocenters. The minimum Gasteiger partial charge on any atom is -0.364 e. The number of amides is 1. The second kappa shape index (κ2) is 4.97. The molecule has 6 nitrogen and oxygen atoms in total. The Hall–Kier alpha value is -2.21. The van der Waals surface area contributed by atoms with Crippen LogP contribution in [0.1, 0.15) is 21.6 Å². The van der Waals surface area contributed by atoms with E-state index in [2.05, 4.69) is 10.1 Å². The molecule has 2 heterocycles. The SMILES string of the molecule is Cc1cc(CCN)cnc1-n1ccc(C(N)=O)n1. The standard InChI is InChI=1S/C12H15N5O/c1-8-6-9(2-4-13)7-15-12(8)17-5-3-10(16-17)11(14)18/h3,5-7H,2,4,13H2,1H3,(H2,14,18). The molecular weight excluding hydrogens is 230 g/mol. The highest BCUT2D eigenvalue weighted by Gasteiger charge is 2.09. The molecule has 0 aliphatic heterocycles. The van der Waals surface area contributed by atoms with Gasteiger partial charge in [0.05, 0.1) is 0 Å². The third kappa shape index (κ3) is 2.38. The number of carbonyl (C=O) groups excluding carboxylic acids is 1. The van der Waals surface area contributed by atoms with E-state index in [0.717, 1.165) is 17.5 Å². The lowest BCUT2D eigenvalue weighted by atomic mass is 10.1. The van der Waals surface area contributed by atoms with E-state index < -0.39 is 5.91 Å². The zero-order valence-corrected chi connectivity index (χ0v) is 10.1. The number of hydrogen-bond donors (Lipinski definition) is 2. The Balaban J connectivity index is 2.35. The maximum atomic E-state index is 11.0. The first kappa shape index (κ1) is 12.3. The Bertz CT molecular complexity index is 576. The van der Waals surface area contributed by atoms with Crippen LogP contribution in [0.5, 0.6) is 0 Å². The topological polar surface area (TPSA) is 99.8 Å². The molecule has 4 N–H and O–H groups in total. The van der Waals surface area contributed by atoms with Crippen LogP contribution in [-0.4, -0.2) is 27.2 Å². The van der Waals surface area contributed by atoms with Gasteiger partial charge < -0.3 is 11.5 Å². The molecule has 0 radical (unpaired) electrons. The van der Waals surface area contributed by atoms with Gasteiger partial charge >= 0.3 is 0 Å². The van der Waals surface area contributed by atoms with Gasteiger partial charge in [0, 0.05) is 12.4 Å². The van der Waals surface area contributed by atoms with Gasteiger partial charge in [-0.05, 0) is 37.1 Å². The summed E-state index contributed by atoms with van der Waals surface area (Å²) >= 11 is 0. The summed E-state index contributed by atoms with van der Waals surface area (Å²) in [5.74, 6) is 0.134. The molecule has 1 amide bonds. The number of aromatic nitrogens is 3. The molecule has 2 aromatic heterocycles. The minimum absolute atomic E-state index is 0.224. The van der Waals surface area contributed by atoms with Crippen LogP contribution >= 0.6 is 0 Å². The normalized spacial score (nSPS) is 10.6. The Morgan fingerprint density at radius 3 is 2.83 bits per heavy atom. The molecule has 0 aliphatic carbocycles. The summed E-state index contributed by atoms with van der Waals surface area (Å²) in [4.78, 5) is 15.3. The van der Waals surface area contributed by atoms with Crippen LogP contribution in [0.3, 0.4) is 0 Å². The zero-order valence-electron chi connectivity index (χ0n) is 10.1. The first-order valence-electron chi connectivity index (χ1n) is 5.63. The first-order chi connectivity index (χ1) is 8.61. The van der Waals surface area contributed by atoms with E-state index in [1.807, 2.05) is 13.0 Å². The molecule has 0 unspecified atom stereocenters. The lowest BCUT2D eigenvalue weighted by Gasteiger charge is -2.06. The Labute approximate surface area is 105 Å². The Morgan fingerprint density at radius 1 is 1.50 bits per heavy atom. The molecule has 6 heteroatoms. The van der Waals surface area contributed by atoms with Gasteiger partial charge in [-0.1, -0.05) is 6.07 Å². The summed E-state index contributed by atoms with van der Waals surface area (Å²) in [5.41, 5.74) is 12.9. The first-order valence-corrected chi connectivity index (χ1v) is 5.63. The number of hydrogen-bond acceptors (Lipinski definition) is 4. The van der Waals surface area contributed by atoms with Crippen molar-refractivity contribution in [2.45, 2.75) is 13.3 Å². The van der Waals surface area contributed by atoms with Crippen molar-refractivity contribution in [2.75, 3.05) is 6.54 Å². The second-order valence-corrected chi connectivity index (χ2v) is 4.03. The Kier molecular flexibility index (Phi) is 3.38. The van der Waals surface area contributed by atoms with Crippen LogP contribution in [-0.2, 0) is 6.42 Å². The molecule has 0 aromatic carbocycles. The van der Waals surface area contributed by atoms with E-state index in [1.54, 1.807) is 23.1 Å². The van der Waals surface area contributed by atoms with Gasteiger partial charge in [-0.25, -0.2) is 9.67 Å². The third-order valence-corrected chi connectivity index (χ3v) is 2.60. The van der Waals surface area contributed by atoms with Crippen LogP contribution in [0, 0.1) is 6.92 Å². The molecule has 0 fully saturated rings. The molecule has 0 bridgehead atoms. The molecule has 2 rings (SSSR count). The van der Waals surface area contributed by atoms with Gasteiger partial charge in [-0.3, -0.25) is 4.79 Å². The summed E-state index contributed by atoms with van der Waals surface area (Å²) in [6, 6.07) is 3.58. The van der Waals surface area contributed by atoms with E-state index in [-0.39, 0.29) is 5.69 Å². The Morgan fingerprint density at radius 2 is 2.28 bits per heavy atom. The molecule has 94 valence electrons. The van der Waals surface area contributed by atoms with Crippen LogP contribution in [0.15, 0.2) is 24.5 Å². The van der Waals surface area contributed by atoms with Crippen LogP contribution < -0.4 is 11.5 Å². The van der Waals surface area contributed by atoms with Crippen molar-refractivity contribution in [3.05, 3.63) is 41.3 Å². The number of primary amides is 1. The van der Waals surface area contributed by atoms with E-state index >= 15 is 0 Å². The molecule has 0 spiro atoms. The quantitative estimate of drug-likeness (QED) is 0.802. The van der Waals surface area contributed by atoms with E-state index in [1.165, 1.54) is 0 Å². The number of nitrogens with zero attached hydrogens (tertiary/aromatic N) is 3. The van der Waals surface area contributed by atoms with Crippen molar-refractivity contribution in [1.29, 1.82) is 0 Å². The fourth-order valence-corrected chi connectivity index (χ4v) is 1.74. The predicted molar refractivity (Wildman–Crippen MR) is 67.4 cm³/mol. The summed E-state index contributed by atoms with van der Waals surface area (Å²) in [6.07, 6.45) is 4.22. The highest BCUT2D eigenvalue weighted by Crippen LogP contribution is 2.12. The van der Waals surface area contributed by atoms with E-state index in [4.69, 9.17) is 11.5 Å². The van der Waals surface area contributed by atoms with Crippen LogP contribution in [0.25, 0.3) is 5.82 Å². The van der Waals surface area contributed by atoms with E-state index in [9.17, 15) is 4.79 Å². The number of nitrogens with two attached hydrogens (primary N) is 2. The predicted octanol–water partition coefficient (Wildman–Crippen LogP) is 0.176. The smallest absolute Gasteiger partial charge is 0.269 e. The monoisotopic (exact) mass is 245 g/mol. The number of rotatable bonds is 4. The average molecular weight is 245 g/mol. The van der Waals surface area contributed by atoms with Crippen LogP contribution in [0.4, 0.5) is 0 Å². The van der Waals surface area contributed by atoms with Gasteiger partial charge in [-0.15, -0.1) is 0 Å². The summed E-state index contributed by atoms with van der Waals surface area (Å²) in [5, 5.41) is 4.07. The van der Waals surface area contributed by atoms with Gasteiger partial charge in [0.1, 0.15) is 5.69 Å². The summed E-state index contributed by atoms with van der Waals surface area (Å²) in [7, 11) is 0. The highest BCUT2D eigenvalue weighted by molar-refractivity contribution is 5.90. The minimum atomic E-state index is -0.550. The number of pyridine rings is 1. The van der Waals surface area contributed by atoms with Gasteiger partial charge in [0.25, 0.3) is 5.91 Å². The van der Waals surface area contributed by atoms with Crippen molar-refractivity contribution < 1.29 is 4.79 Å². The lowest BCUT2D eigenvalue weighted by Crippen LogP contribution is -2.13. The van der Waals surface area contributed by atoms with Gasteiger partial charge in [0.15, 0.2) is 5.82 Å². The maximum absolute atomic E-state index is 11.0. The molecule has 0 saturated heterocycles. The molecule has 18 heavy (non-hydrogen) atoms. The van der Waals surface area contributed by atoms with Crippen molar-refractivity contribution in [3.8, 4) is 5.82 Å². The fourth-order valence-electron chi connectivity index (χ4n) is 1.74. The fraction of sp³-hybridized carbons (Fsp3) is 0.250. The van der Waals surface area contributed by atoms with Gasteiger partial charge in [0.2, 0.25) is 0 Å². The summed E-state index contributed by atoms with van der Waals surface area (Å²) in [6.45, 7) is 2.53. The van der Waals surface area contributed by atoms with Gasteiger partial charge in [-0.2, -0.15) is 5.10 Å². The lowest BCUT2D eigenvalue weighted by molar-refractivity contribution is 0.0995. The van der Waals surface area contributed by atoms with Crippen molar-refractivity contribution >= 4 is 5.91 Å². The number of aryl methyl sites for hydroxylation is 1. The molecular formula is C12H15N5O. The largest absolute Gasteiger partial charge is 0.364 e. The number of carbonyl (C=O) groups is 1. The maximum Gasteiger partial charge on any atom is 0.269 e. The highest BCUT2D eigenvalue weighted by atomic mass is 16.1. The average Bonchev–Trinajstić information content (AvgIpc) is 2.79. The van der Waals surface area contributed by atoms with Crippen molar-refractivity contribution in [3.63, 3.8) is 0 Å². The van der Waals surface area contributed by atoms with Crippen molar-refractivity contribution in [1.82, 2.24) is 14.8 Å². The van der Waals surface area contributed by atoms with E-state index in [0.29, 0.717) is 12.4 Å². The molecule has 0 saturated carbocycles. The zero-order chi connectivity index (χ0) is 13.1. The third-order valence-electron chi connectivity index (χ3n) is 2.60. The van der Waals surface area contributed by atoms with Crippen molar-refractivity contribution in [2.24, 2.45) is 11.5 Å². The van der Waals surface area contributed by atoms with Crippen LogP contribution in [0.2, 0.25) is 0 Å². The molecule has 0 aliphatic rings. The second-order valence-electron chi connectivity index (χ2n) is 4.03.